The van der Waals surface area contributed by atoms with Crippen molar-refractivity contribution in [3.8, 4) is 0 Å². The molecule has 1 aromatic heterocycles. The highest BCUT2D eigenvalue weighted by Gasteiger charge is 2.31. The fraction of sp³-hybridized carbons (Fsp3) is 0.714. The number of fused-ring (bicyclic) bond motifs is 1. The second-order valence-electron chi connectivity index (χ2n) is 5.53. The van der Waals surface area contributed by atoms with Gasteiger partial charge in [-0.25, -0.2) is 0 Å². The number of aromatic nitrogens is 1. The molecule has 1 heterocycles. The zero-order valence-electron chi connectivity index (χ0n) is 9.94. The lowest BCUT2D eigenvalue weighted by molar-refractivity contribution is 0.158. The van der Waals surface area contributed by atoms with Crippen molar-refractivity contribution in [2.24, 2.45) is 11.8 Å². The summed E-state index contributed by atoms with van der Waals surface area (Å²) in [5, 5.41) is 0. The van der Waals surface area contributed by atoms with Crippen LogP contribution in [-0.2, 0) is 0 Å². The maximum atomic E-state index is 3.61. The summed E-state index contributed by atoms with van der Waals surface area (Å²) < 4.78 is 2.12. The van der Waals surface area contributed by atoms with Crippen molar-refractivity contribution >= 4 is 0 Å². The van der Waals surface area contributed by atoms with Crippen LogP contribution in [0, 0.1) is 11.8 Å². The van der Waals surface area contributed by atoms with Crippen molar-refractivity contribution in [1.82, 2.24) is 4.68 Å². The highest BCUT2D eigenvalue weighted by atomic mass is 15.4. The quantitative estimate of drug-likeness (QED) is 0.805. The molecular weight excluding hydrogens is 196 g/mol. The molecule has 0 bridgehead atoms. The molecule has 2 aliphatic rings. The molecule has 0 spiro atoms. The van der Waals surface area contributed by atoms with E-state index < -0.39 is 0 Å². The van der Waals surface area contributed by atoms with E-state index in [-0.39, 0.29) is 0 Å². The summed E-state index contributed by atoms with van der Waals surface area (Å²) in [5.41, 5.74) is 3.61. The molecule has 1 aromatic rings. The normalized spacial score (nSPS) is 34.4. The van der Waals surface area contributed by atoms with Crippen LogP contribution >= 0.6 is 0 Å². The van der Waals surface area contributed by atoms with Crippen molar-refractivity contribution in [3.63, 3.8) is 0 Å². The second-order valence-corrected chi connectivity index (χ2v) is 5.53. The Morgan fingerprint density at radius 1 is 0.875 bits per heavy atom. The summed E-state index contributed by atoms with van der Waals surface area (Å²) in [5.74, 6) is 2.06. The molecule has 3 rings (SSSR count). The monoisotopic (exact) mass is 218 g/mol. The SMILES string of the molecule is c1ccn(NC2CCC3CCCCC3C2)c1. The van der Waals surface area contributed by atoms with Gasteiger partial charge in [0, 0.05) is 18.4 Å². The van der Waals surface area contributed by atoms with E-state index in [1.54, 1.807) is 0 Å². The van der Waals surface area contributed by atoms with Gasteiger partial charge in [-0.2, -0.15) is 0 Å². The van der Waals surface area contributed by atoms with E-state index in [4.69, 9.17) is 0 Å². The van der Waals surface area contributed by atoms with Crippen molar-refractivity contribution in [1.29, 1.82) is 0 Å². The molecule has 2 aliphatic carbocycles. The van der Waals surface area contributed by atoms with Crippen LogP contribution in [0.25, 0.3) is 0 Å². The smallest absolute Gasteiger partial charge is 0.0427 e. The predicted octanol–water partition coefficient (Wildman–Crippen LogP) is 3.39. The van der Waals surface area contributed by atoms with E-state index in [1.807, 2.05) is 0 Å². The van der Waals surface area contributed by atoms with Crippen molar-refractivity contribution in [2.75, 3.05) is 5.43 Å². The lowest BCUT2D eigenvalue weighted by atomic mass is 9.69. The van der Waals surface area contributed by atoms with Gasteiger partial charge in [0.2, 0.25) is 0 Å². The molecule has 0 amide bonds. The average Bonchev–Trinajstić information content (AvgIpc) is 2.82. The van der Waals surface area contributed by atoms with Gasteiger partial charge in [-0.15, -0.1) is 0 Å². The van der Waals surface area contributed by atoms with E-state index in [9.17, 15) is 0 Å². The predicted molar refractivity (Wildman–Crippen MR) is 66.9 cm³/mol. The molecule has 0 radical (unpaired) electrons. The standard InChI is InChI=1S/C14H22N2/c1-2-6-13-11-14(8-7-12(13)5-1)15-16-9-3-4-10-16/h3-4,9-10,12-15H,1-2,5-8,11H2. The molecule has 3 atom stereocenters. The van der Waals surface area contributed by atoms with Crippen LogP contribution < -0.4 is 5.43 Å². The first-order valence-electron chi connectivity index (χ1n) is 6.81. The third kappa shape index (κ3) is 2.11. The van der Waals surface area contributed by atoms with Crippen LogP contribution in [-0.4, -0.2) is 10.7 Å². The molecule has 0 aliphatic heterocycles. The van der Waals surface area contributed by atoms with E-state index in [0.29, 0.717) is 6.04 Å². The third-order valence-electron chi connectivity index (χ3n) is 4.48. The molecular formula is C14H22N2. The molecule has 2 saturated carbocycles. The van der Waals surface area contributed by atoms with Gasteiger partial charge in [-0.1, -0.05) is 25.7 Å². The van der Waals surface area contributed by atoms with E-state index in [1.165, 1.54) is 44.9 Å². The van der Waals surface area contributed by atoms with Crippen LogP contribution in [0.4, 0.5) is 0 Å². The molecule has 2 nitrogen and oxygen atoms in total. The first kappa shape index (κ1) is 10.2. The Morgan fingerprint density at radius 3 is 2.44 bits per heavy atom. The first-order chi connectivity index (χ1) is 7.92. The Hall–Kier alpha value is -0.920. The number of nitrogens with zero attached hydrogens (tertiary/aromatic N) is 1. The lowest BCUT2D eigenvalue weighted by Crippen LogP contribution is -2.37. The lowest BCUT2D eigenvalue weighted by Gasteiger charge is -2.39. The van der Waals surface area contributed by atoms with E-state index in [0.717, 1.165) is 11.8 Å². The Kier molecular flexibility index (Phi) is 2.90. The topological polar surface area (TPSA) is 17.0 Å². The van der Waals surface area contributed by atoms with Crippen molar-refractivity contribution in [3.05, 3.63) is 24.5 Å². The third-order valence-corrected chi connectivity index (χ3v) is 4.48. The Bertz CT molecular complexity index is 317. The maximum Gasteiger partial charge on any atom is 0.0427 e. The summed E-state index contributed by atoms with van der Waals surface area (Å²) in [6.45, 7) is 0. The largest absolute Gasteiger partial charge is 0.323 e. The molecule has 0 aromatic carbocycles. The van der Waals surface area contributed by atoms with Gasteiger partial charge in [0.25, 0.3) is 0 Å². The summed E-state index contributed by atoms with van der Waals surface area (Å²) in [4.78, 5) is 0. The summed E-state index contributed by atoms with van der Waals surface area (Å²) in [6, 6.07) is 4.87. The average molecular weight is 218 g/mol. The Morgan fingerprint density at radius 2 is 1.62 bits per heavy atom. The van der Waals surface area contributed by atoms with Gasteiger partial charge in [0.15, 0.2) is 0 Å². The molecule has 2 fully saturated rings. The van der Waals surface area contributed by atoms with Crippen molar-refractivity contribution in [2.45, 2.75) is 51.0 Å². The number of hydrogen-bond acceptors (Lipinski definition) is 1. The molecule has 1 N–H and O–H groups in total. The highest BCUT2D eigenvalue weighted by Crippen LogP contribution is 2.40. The fourth-order valence-corrected chi connectivity index (χ4v) is 3.62. The minimum atomic E-state index is 0.701. The molecule has 2 heteroatoms. The minimum Gasteiger partial charge on any atom is -0.323 e. The summed E-state index contributed by atoms with van der Waals surface area (Å²) in [6.07, 6.45) is 14.3. The number of hydrogen-bond donors (Lipinski definition) is 1. The van der Waals surface area contributed by atoms with Gasteiger partial charge >= 0.3 is 0 Å². The number of nitrogens with one attached hydrogen (secondary N) is 1. The zero-order chi connectivity index (χ0) is 10.8. The molecule has 88 valence electrons. The molecule has 0 saturated heterocycles. The Labute approximate surface area is 98.0 Å². The van der Waals surface area contributed by atoms with Gasteiger partial charge in [-0.05, 0) is 43.2 Å². The first-order valence-corrected chi connectivity index (χ1v) is 6.81. The summed E-state index contributed by atoms with van der Waals surface area (Å²) >= 11 is 0. The van der Waals surface area contributed by atoms with Crippen LogP contribution in [0.3, 0.4) is 0 Å². The highest BCUT2D eigenvalue weighted by molar-refractivity contribution is 4.97. The second kappa shape index (κ2) is 4.52. The fourth-order valence-electron chi connectivity index (χ4n) is 3.62. The van der Waals surface area contributed by atoms with Crippen LogP contribution in [0.2, 0.25) is 0 Å². The van der Waals surface area contributed by atoms with Gasteiger partial charge in [0.05, 0.1) is 0 Å². The Balaban J connectivity index is 1.58. The maximum absolute atomic E-state index is 3.61. The zero-order valence-corrected chi connectivity index (χ0v) is 9.94. The van der Waals surface area contributed by atoms with Crippen LogP contribution in [0.1, 0.15) is 44.9 Å². The van der Waals surface area contributed by atoms with Gasteiger partial charge in [0.1, 0.15) is 0 Å². The molecule has 3 unspecified atom stereocenters. The van der Waals surface area contributed by atoms with E-state index in [2.05, 4.69) is 34.6 Å². The minimum absolute atomic E-state index is 0.701. The summed E-state index contributed by atoms with van der Waals surface area (Å²) in [7, 11) is 0. The van der Waals surface area contributed by atoms with Gasteiger partial charge in [-0.3, -0.25) is 4.68 Å². The number of rotatable bonds is 2. The van der Waals surface area contributed by atoms with E-state index >= 15 is 0 Å². The van der Waals surface area contributed by atoms with Gasteiger partial charge < -0.3 is 5.43 Å². The van der Waals surface area contributed by atoms with Crippen molar-refractivity contribution < 1.29 is 0 Å². The van der Waals surface area contributed by atoms with Crippen LogP contribution in [0.15, 0.2) is 24.5 Å². The van der Waals surface area contributed by atoms with Crippen LogP contribution in [0.5, 0.6) is 0 Å². The molecule has 16 heavy (non-hydrogen) atoms.